The third-order valence-corrected chi connectivity index (χ3v) is 5.49. The largest absolute Gasteiger partial charge is 0.478 e. The highest BCUT2D eigenvalue weighted by atomic mass is 16.5. The summed E-state index contributed by atoms with van der Waals surface area (Å²) in [5.74, 6) is -4.73. The Kier molecular flexibility index (Phi) is 6.88. The first-order chi connectivity index (χ1) is 16.7. The van der Waals surface area contributed by atoms with Crippen LogP contribution < -0.4 is 10.6 Å². The molecule has 1 unspecified atom stereocenters. The quantitative estimate of drug-likeness (QED) is 0.617. The molecule has 35 heavy (non-hydrogen) atoms. The van der Waals surface area contributed by atoms with Gasteiger partial charge in [-0.1, -0.05) is 30.3 Å². The van der Waals surface area contributed by atoms with Crippen LogP contribution in [0.2, 0.25) is 0 Å². The standard InChI is InChI=1S/C25H20N4O6/c1-13-9-14(11-26)10-16(23(30)31)20(13)29-21(25(33)35-3)19(24(32)34-2)18(17(12-27)22(29)28)15-7-5-4-6-8-15/h4-10,18H,28H2,1-3H3,(H,30,31). The minimum Gasteiger partial charge on any atom is -0.478 e. The molecule has 1 aliphatic heterocycles. The fourth-order valence-corrected chi connectivity index (χ4v) is 4.05. The summed E-state index contributed by atoms with van der Waals surface area (Å²) in [5, 5.41) is 29.3. The van der Waals surface area contributed by atoms with Gasteiger partial charge in [0, 0.05) is 0 Å². The van der Waals surface area contributed by atoms with E-state index >= 15 is 0 Å². The molecule has 176 valence electrons. The summed E-state index contributed by atoms with van der Waals surface area (Å²) in [7, 11) is 2.20. The monoisotopic (exact) mass is 472 g/mol. The fourth-order valence-electron chi connectivity index (χ4n) is 4.05. The van der Waals surface area contributed by atoms with Gasteiger partial charge in [-0.25, -0.2) is 14.4 Å². The molecule has 0 spiro atoms. The van der Waals surface area contributed by atoms with E-state index < -0.39 is 29.5 Å². The number of nitrogens with two attached hydrogens (primary N) is 1. The highest BCUT2D eigenvalue weighted by Gasteiger charge is 2.44. The molecule has 1 aliphatic rings. The number of benzene rings is 2. The molecular weight excluding hydrogens is 452 g/mol. The second kappa shape index (κ2) is 9.81. The van der Waals surface area contributed by atoms with Crippen LogP contribution in [0.25, 0.3) is 0 Å². The minimum absolute atomic E-state index is 0.0580. The molecule has 0 bridgehead atoms. The van der Waals surface area contributed by atoms with E-state index in [9.17, 15) is 30.0 Å². The minimum atomic E-state index is -1.42. The SMILES string of the molecule is COC(=O)C1=C(C(=O)OC)N(c2c(C)cc(C#N)cc2C(=O)O)C(N)=C(C#N)C1c1ccccc1. The number of hydrogen-bond donors (Lipinski definition) is 2. The number of hydrogen-bond acceptors (Lipinski definition) is 9. The normalized spacial score (nSPS) is 15.2. The number of carboxylic acid groups (broad SMARTS) is 1. The Morgan fingerprint density at radius 3 is 2.17 bits per heavy atom. The summed E-state index contributed by atoms with van der Waals surface area (Å²) in [4.78, 5) is 39.4. The third kappa shape index (κ3) is 4.16. The number of allylic oxidation sites excluding steroid dienone is 1. The van der Waals surface area contributed by atoms with Crippen molar-refractivity contribution >= 4 is 23.6 Å². The van der Waals surface area contributed by atoms with Gasteiger partial charge in [0.15, 0.2) is 0 Å². The molecule has 2 aromatic carbocycles. The summed E-state index contributed by atoms with van der Waals surface area (Å²) in [6, 6.07) is 14.8. The molecule has 1 heterocycles. The van der Waals surface area contributed by atoms with Gasteiger partial charge in [-0.3, -0.25) is 4.90 Å². The van der Waals surface area contributed by atoms with Gasteiger partial charge < -0.3 is 20.3 Å². The van der Waals surface area contributed by atoms with Gasteiger partial charge in [-0.05, 0) is 30.2 Å². The number of nitrogens with zero attached hydrogens (tertiary/aromatic N) is 3. The van der Waals surface area contributed by atoms with Crippen LogP contribution >= 0.6 is 0 Å². The summed E-state index contributed by atoms with van der Waals surface area (Å²) in [6.45, 7) is 1.51. The van der Waals surface area contributed by atoms with Crippen molar-refractivity contribution in [3.05, 3.63) is 87.4 Å². The van der Waals surface area contributed by atoms with E-state index in [0.717, 1.165) is 25.2 Å². The Labute approximate surface area is 200 Å². The molecule has 10 nitrogen and oxygen atoms in total. The molecule has 0 fully saturated rings. The number of carbonyl (C=O) groups is 3. The summed E-state index contributed by atoms with van der Waals surface area (Å²) < 4.78 is 9.91. The molecule has 0 aliphatic carbocycles. The smallest absolute Gasteiger partial charge is 0.355 e. The van der Waals surface area contributed by atoms with Gasteiger partial charge in [-0.2, -0.15) is 10.5 Å². The number of esters is 2. The van der Waals surface area contributed by atoms with Crippen LogP contribution in [-0.2, 0) is 19.1 Å². The Morgan fingerprint density at radius 1 is 1.03 bits per heavy atom. The molecule has 3 rings (SSSR count). The molecule has 0 radical (unpaired) electrons. The molecule has 3 N–H and O–H groups in total. The molecule has 0 aromatic heterocycles. The number of methoxy groups -OCH3 is 2. The van der Waals surface area contributed by atoms with Crippen molar-refractivity contribution in [3.63, 3.8) is 0 Å². The van der Waals surface area contributed by atoms with Gasteiger partial charge in [0.2, 0.25) is 0 Å². The van der Waals surface area contributed by atoms with E-state index in [0.29, 0.717) is 5.56 Å². The Balaban J connectivity index is 2.53. The van der Waals surface area contributed by atoms with Crippen molar-refractivity contribution < 1.29 is 29.0 Å². The maximum atomic E-state index is 13.1. The molecule has 0 saturated heterocycles. The van der Waals surface area contributed by atoms with Gasteiger partial charge in [0.05, 0.1) is 60.2 Å². The van der Waals surface area contributed by atoms with E-state index in [2.05, 4.69) is 0 Å². The van der Waals surface area contributed by atoms with E-state index in [4.69, 9.17) is 15.2 Å². The van der Waals surface area contributed by atoms with Crippen LogP contribution in [0.4, 0.5) is 5.69 Å². The summed E-state index contributed by atoms with van der Waals surface area (Å²) >= 11 is 0. The van der Waals surface area contributed by atoms with E-state index in [1.807, 2.05) is 12.1 Å². The lowest BCUT2D eigenvalue weighted by atomic mass is 9.80. The van der Waals surface area contributed by atoms with E-state index in [-0.39, 0.29) is 39.3 Å². The lowest BCUT2D eigenvalue weighted by Crippen LogP contribution is -2.41. The average molecular weight is 472 g/mol. The number of aromatic carboxylic acids is 1. The maximum absolute atomic E-state index is 13.1. The second-order valence-electron chi connectivity index (χ2n) is 7.44. The maximum Gasteiger partial charge on any atom is 0.355 e. The Bertz CT molecular complexity index is 1380. The molecule has 2 aromatic rings. The zero-order valence-corrected chi connectivity index (χ0v) is 19.0. The van der Waals surface area contributed by atoms with Crippen molar-refractivity contribution in [1.29, 1.82) is 10.5 Å². The zero-order chi connectivity index (χ0) is 25.9. The van der Waals surface area contributed by atoms with Crippen molar-refractivity contribution in [2.45, 2.75) is 12.8 Å². The number of anilines is 1. The predicted molar refractivity (Wildman–Crippen MR) is 122 cm³/mol. The Hall–Kier alpha value is -5.09. The van der Waals surface area contributed by atoms with Crippen LogP contribution in [0.5, 0.6) is 0 Å². The molecule has 1 atom stereocenters. The van der Waals surface area contributed by atoms with Gasteiger partial charge in [-0.15, -0.1) is 0 Å². The number of ether oxygens (including phenoxy) is 2. The third-order valence-electron chi connectivity index (χ3n) is 5.49. The summed E-state index contributed by atoms with van der Waals surface area (Å²) in [5.41, 5.74) is 5.97. The number of rotatable bonds is 5. The average Bonchev–Trinajstić information content (AvgIpc) is 2.87. The van der Waals surface area contributed by atoms with Gasteiger partial charge >= 0.3 is 17.9 Å². The van der Waals surface area contributed by atoms with Gasteiger partial charge in [0.1, 0.15) is 11.5 Å². The highest BCUT2D eigenvalue weighted by molar-refractivity contribution is 6.08. The van der Waals surface area contributed by atoms with Crippen LogP contribution in [0.15, 0.2) is 65.1 Å². The lowest BCUT2D eigenvalue weighted by molar-refractivity contribution is -0.139. The predicted octanol–water partition coefficient (Wildman–Crippen LogP) is 2.46. The molecule has 0 saturated carbocycles. The molecule has 10 heteroatoms. The number of aryl methyl sites for hydroxylation is 1. The van der Waals surface area contributed by atoms with Crippen LogP contribution in [0.1, 0.15) is 33.0 Å². The topological polar surface area (TPSA) is 167 Å². The first-order valence-corrected chi connectivity index (χ1v) is 10.1. The van der Waals surface area contributed by atoms with Crippen LogP contribution in [-0.4, -0.2) is 37.2 Å². The zero-order valence-electron chi connectivity index (χ0n) is 19.0. The van der Waals surface area contributed by atoms with E-state index in [1.165, 1.54) is 13.0 Å². The summed E-state index contributed by atoms with van der Waals surface area (Å²) in [6.07, 6.45) is 0. The van der Waals surface area contributed by atoms with Crippen molar-refractivity contribution in [1.82, 2.24) is 0 Å². The van der Waals surface area contributed by atoms with Crippen molar-refractivity contribution in [3.8, 4) is 12.1 Å². The van der Waals surface area contributed by atoms with Crippen LogP contribution in [0, 0.1) is 29.6 Å². The fraction of sp³-hybridized carbons (Fsp3) is 0.160. The van der Waals surface area contributed by atoms with Crippen molar-refractivity contribution in [2.75, 3.05) is 19.1 Å². The number of carbonyl (C=O) groups excluding carboxylic acids is 2. The van der Waals surface area contributed by atoms with Gasteiger partial charge in [0.25, 0.3) is 0 Å². The Morgan fingerprint density at radius 2 is 1.66 bits per heavy atom. The molecular formula is C25H20N4O6. The number of carboxylic acids is 1. The van der Waals surface area contributed by atoms with Crippen molar-refractivity contribution in [2.24, 2.45) is 5.73 Å². The van der Waals surface area contributed by atoms with Crippen LogP contribution in [0.3, 0.4) is 0 Å². The second-order valence-corrected chi connectivity index (χ2v) is 7.44. The first-order valence-electron chi connectivity index (χ1n) is 10.1. The van der Waals surface area contributed by atoms with E-state index in [1.54, 1.807) is 30.3 Å². The first kappa shape index (κ1) is 24.6. The lowest BCUT2D eigenvalue weighted by Gasteiger charge is -2.37. The highest BCUT2D eigenvalue weighted by Crippen LogP contribution is 2.44. The molecule has 0 amide bonds. The number of nitriles is 2.